The van der Waals surface area contributed by atoms with Gasteiger partial charge in [-0.2, -0.15) is 0 Å². The molecule has 0 amide bonds. The number of thioether (sulfide) groups is 1. The molecule has 1 heterocycles. The standard InChI is InChI=1S/C13H14N2OS/c1-3-17-13-9-8-11(14-15-13)10-6-4-5-7-12(10)16-2/h4-9H,3H2,1-2H3. The maximum atomic E-state index is 5.30. The zero-order valence-corrected chi connectivity index (χ0v) is 10.7. The predicted molar refractivity (Wildman–Crippen MR) is 70.4 cm³/mol. The molecule has 0 unspecified atom stereocenters. The third kappa shape index (κ3) is 2.77. The van der Waals surface area contributed by atoms with Crippen LogP contribution in [0, 0.1) is 0 Å². The van der Waals surface area contributed by atoms with Crippen molar-refractivity contribution in [2.45, 2.75) is 11.9 Å². The molecule has 17 heavy (non-hydrogen) atoms. The number of methoxy groups -OCH3 is 1. The Morgan fingerprint density at radius 2 is 1.94 bits per heavy atom. The van der Waals surface area contributed by atoms with Gasteiger partial charge >= 0.3 is 0 Å². The first-order valence-corrected chi connectivity index (χ1v) is 6.43. The van der Waals surface area contributed by atoms with Crippen LogP contribution in [0.25, 0.3) is 11.3 Å². The van der Waals surface area contributed by atoms with Gasteiger partial charge in [-0.3, -0.25) is 0 Å². The summed E-state index contributed by atoms with van der Waals surface area (Å²) in [7, 11) is 1.66. The zero-order valence-electron chi connectivity index (χ0n) is 9.88. The molecular weight excluding hydrogens is 232 g/mol. The van der Waals surface area contributed by atoms with Crippen LogP contribution in [-0.4, -0.2) is 23.1 Å². The maximum Gasteiger partial charge on any atom is 0.128 e. The van der Waals surface area contributed by atoms with E-state index in [9.17, 15) is 0 Å². The second kappa shape index (κ2) is 5.68. The molecule has 88 valence electrons. The highest BCUT2D eigenvalue weighted by atomic mass is 32.2. The fraction of sp³-hybridized carbons (Fsp3) is 0.231. The molecule has 1 aromatic heterocycles. The van der Waals surface area contributed by atoms with Gasteiger partial charge in [0.15, 0.2) is 0 Å². The second-order valence-electron chi connectivity index (χ2n) is 3.39. The zero-order chi connectivity index (χ0) is 12.1. The largest absolute Gasteiger partial charge is 0.496 e. The van der Waals surface area contributed by atoms with Crippen LogP contribution in [0.15, 0.2) is 41.4 Å². The first-order valence-electron chi connectivity index (χ1n) is 5.45. The number of hydrogen-bond acceptors (Lipinski definition) is 4. The van der Waals surface area contributed by atoms with Gasteiger partial charge in [0.1, 0.15) is 10.8 Å². The van der Waals surface area contributed by atoms with Gasteiger partial charge in [0.2, 0.25) is 0 Å². The Morgan fingerprint density at radius 3 is 2.59 bits per heavy atom. The fourth-order valence-corrected chi connectivity index (χ4v) is 2.10. The Labute approximate surface area is 105 Å². The molecule has 0 spiro atoms. The summed E-state index contributed by atoms with van der Waals surface area (Å²) in [5.41, 5.74) is 1.80. The topological polar surface area (TPSA) is 35.0 Å². The van der Waals surface area contributed by atoms with Crippen molar-refractivity contribution >= 4 is 11.8 Å². The minimum atomic E-state index is 0.817. The van der Waals surface area contributed by atoms with E-state index >= 15 is 0 Å². The van der Waals surface area contributed by atoms with Gasteiger partial charge in [0, 0.05) is 5.56 Å². The number of rotatable bonds is 4. The van der Waals surface area contributed by atoms with Crippen molar-refractivity contribution in [2.75, 3.05) is 12.9 Å². The summed E-state index contributed by atoms with van der Waals surface area (Å²) in [4.78, 5) is 0. The van der Waals surface area contributed by atoms with Gasteiger partial charge in [0.25, 0.3) is 0 Å². The molecular formula is C13H14N2OS. The van der Waals surface area contributed by atoms with Crippen LogP contribution in [0.3, 0.4) is 0 Å². The summed E-state index contributed by atoms with van der Waals surface area (Å²) < 4.78 is 5.30. The van der Waals surface area contributed by atoms with Gasteiger partial charge < -0.3 is 4.74 Å². The summed E-state index contributed by atoms with van der Waals surface area (Å²) >= 11 is 1.68. The quantitative estimate of drug-likeness (QED) is 0.776. The molecule has 0 saturated carbocycles. The molecule has 2 rings (SSSR count). The summed E-state index contributed by atoms with van der Waals surface area (Å²) in [6.45, 7) is 2.10. The lowest BCUT2D eigenvalue weighted by atomic mass is 10.1. The van der Waals surface area contributed by atoms with Crippen LogP contribution in [-0.2, 0) is 0 Å². The Kier molecular flexibility index (Phi) is 3.98. The van der Waals surface area contributed by atoms with Crippen LogP contribution in [0.1, 0.15) is 6.92 Å². The van der Waals surface area contributed by atoms with Crippen molar-refractivity contribution in [2.24, 2.45) is 0 Å². The van der Waals surface area contributed by atoms with Gasteiger partial charge in [-0.15, -0.1) is 22.0 Å². The first kappa shape index (κ1) is 11.9. The summed E-state index contributed by atoms with van der Waals surface area (Å²) in [5, 5.41) is 9.35. The lowest BCUT2D eigenvalue weighted by Crippen LogP contribution is -1.92. The van der Waals surface area contributed by atoms with Crippen molar-refractivity contribution in [3.8, 4) is 17.0 Å². The molecule has 1 aromatic carbocycles. The molecule has 0 saturated heterocycles. The van der Waals surface area contributed by atoms with Crippen molar-refractivity contribution in [3.05, 3.63) is 36.4 Å². The molecule has 0 radical (unpaired) electrons. The van der Waals surface area contributed by atoms with Gasteiger partial charge in [-0.25, -0.2) is 0 Å². The lowest BCUT2D eigenvalue weighted by molar-refractivity contribution is 0.416. The average Bonchev–Trinajstić information content (AvgIpc) is 2.40. The molecule has 4 heteroatoms. The number of nitrogens with zero attached hydrogens (tertiary/aromatic N) is 2. The minimum Gasteiger partial charge on any atom is -0.496 e. The van der Waals surface area contributed by atoms with Gasteiger partial charge in [0.05, 0.1) is 12.8 Å². The fourth-order valence-electron chi connectivity index (χ4n) is 1.54. The summed E-state index contributed by atoms with van der Waals surface area (Å²) in [5.74, 6) is 1.82. The molecule has 0 fully saturated rings. The van der Waals surface area contributed by atoms with E-state index < -0.39 is 0 Å². The van der Waals surface area contributed by atoms with E-state index in [-0.39, 0.29) is 0 Å². The Hall–Kier alpha value is -1.55. The van der Waals surface area contributed by atoms with Crippen LogP contribution in [0.2, 0.25) is 0 Å². The number of benzene rings is 1. The van der Waals surface area contributed by atoms with E-state index in [4.69, 9.17) is 4.74 Å². The van der Waals surface area contributed by atoms with Crippen LogP contribution >= 0.6 is 11.8 Å². The number of para-hydroxylation sites is 1. The molecule has 0 bridgehead atoms. The van der Waals surface area contributed by atoms with Gasteiger partial charge in [-0.05, 0) is 30.0 Å². The monoisotopic (exact) mass is 246 g/mol. The Morgan fingerprint density at radius 1 is 1.12 bits per heavy atom. The highest BCUT2D eigenvalue weighted by molar-refractivity contribution is 7.99. The van der Waals surface area contributed by atoms with Crippen LogP contribution in [0.4, 0.5) is 0 Å². The molecule has 3 nitrogen and oxygen atoms in total. The summed E-state index contributed by atoms with van der Waals surface area (Å²) in [6.07, 6.45) is 0. The van der Waals surface area contributed by atoms with Crippen molar-refractivity contribution in [1.82, 2.24) is 10.2 Å². The van der Waals surface area contributed by atoms with Crippen LogP contribution in [0.5, 0.6) is 5.75 Å². The van der Waals surface area contributed by atoms with E-state index in [1.54, 1.807) is 18.9 Å². The minimum absolute atomic E-state index is 0.817. The van der Waals surface area contributed by atoms with Crippen LogP contribution < -0.4 is 4.74 Å². The highest BCUT2D eigenvalue weighted by Crippen LogP contribution is 2.28. The van der Waals surface area contributed by atoms with E-state index in [1.807, 2.05) is 36.4 Å². The van der Waals surface area contributed by atoms with Crippen molar-refractivity contribution < 1.29 is 4.74 Å². The first-order chi connectivity index (χ1) is 8.35. The average molecular weight is 246 g/mol. The normalized spacial score (nSPS) is 10.2. The number of ether oxygens (including phenoxy) is 1. The van der Waals surface area contributed by atoms with E-state index in [1.165, 1.54) is 0 Å². The molecule has 0 N–H and O–H groups in total. The molecule has 0 atom stereocenters. The highest BCUT2D eigenvalue weighted by Gasteiger charge is 2.06. The third-order valence-electron chi connectivity index (χ3n) is 2.32. The van der Waals surface area contributed by atoms with E-state index in [0.29, 0.717) is 0 Å². The Balaban J connectivity index is 2.33. The van der Waals surface area contributed by atoms with E-state index in [2.05, 4.69) is 17.1 Å². The van der Waals surface area contributed by atoms with Crippen molar-refractivity contribution in [3.63, 3.8) is 0 Å². The third-order valence-corrected chi connectivity index (χ3v) is 3.12. The lowest BCUT2D eigenvalue weighted by Gasteiger charge is -2.06. The summed E-state index contributed by atoms with van der Waals surface area (Å²) in [6, 6.07) is 11.8. The maximum absolute atomic E-state index is 5.30. The molecule has 0 aliphatic heterocycles. The Bertz CT molecular complexity index is 485. The molecule has 0 aliphatic carbocycles. The van der Waals surface area contributed by atoms with E-state index in [0.717, 1.165) is 27.8 Å². The molecule has 0 aliphatic rings. The number of hydrogen-bond donors (Lipinski definition) is 0. The number of aromatic nitrogens is 2. The second-order valence-corrected chi connectivity index (χ2v) is 4.67. The smallest absolute Gasteiger partial charge is 0.128 e. The SMILES string of the molecule is CCSc1ccc(-c2ccccc2OC)nn1. The van der Waals surface area contributed by atoms with Gasteiger partial charge in [-0.1, -0.05) is 19.1 Å². The predicted octanol–water partition coefficient (Wildman–Crippen LogP) is 3.26. The van der Waals surface area contributed by atoms with Crippen molar-refractivity contribution in [1.29, 1.82) is 0 Å². The molecule has 2 aromatic rings.